The molecule has 2 aliphatic rings. The van der Waals surface area contributed by atoms with Crippen molar-refractivity contribution in [3.8, 4) is 6.07 Å². The van der Waals surface area contributed by atoms with Crippen LogP contribution in [-0.4, -0.2) is 49.7 Å². The van der Waals surface area contributed by atoms with Gasteiger partial charge in [0.1, 0.15) is 0 Å². The Balaban J connectivity index is 1.82. The van der Waals surface area contributed by atoms with Gasteiger partial charge >= 0.3 is 0 Å². The van der Waals surface area contributed by atoms with Gasteiger partial charge in [-0.1, -0.05) is 17.7 Å². The van der Waals surface area contributed by atoms with E-state index in [1.807, 2.05) is 13.0 Å². The topological polar surface area (TPSA) is 81.5 Å². The van der Waals surface area contributed by atoms with E-state index >= 15 is 0 Å². The Morgan fingerprint density at radius 2 is 2.12 bits per heavy atom. The van der Waals surface area contributed by atoms with Crippen LogP contribution in [0.5, 0.6) is 0 Å². The fourth-order valence-corrected chi connectivity index (χ4v) is 4.91. The molecule has 2 aliphatic heterocycles. The number of hydrogen-bond donors (Lipinski definition) is 0. The molecule has 1 fully saturated rings. The molecule has 7 heteroatoms. The highest BCUT2D eigenvalue weighted by Crippen LogP contribution is 2.24. The van der Waals surface area contributed by atoms with E-state index in [1.54, 1.807) is 17.0 Å². The van der Waals surface area contributed by atoms with Crippen molar-refractivity contribution in [2.24, 2.45) is 5.92 Å². The Kier molecular flexibility index (Phi) is 5.44. The minimum absolute atomic E-state index is 0.116. The first-order valence-corrected chi connectivity index (χ1v) is 10.3. The Labute approximate surface area is 154 Å². The molecule has 0 aliphatic carbocycles. The predicted octanol–water partition coefficient (Wildman–Crippen LogP) is 2.40. The van der Waals surface area contributed by atoms with Gasteiger partial charge in [-0.3, -0.25) is 4.79 Å². The number of amides is 1. The van der Waals surface area contributed by atoms with E-state index in [1.165, 1.54) is 22.0 Å². The van der Waals surface area contributed by atoms with Crippen LogP contribution < -0.4 is 0 Å². The summed E-state index contributed by atoms with van der Waals surface area (Å²) in [4.78, 5) is 14.5. The number of piperidine rings is 1. The first-order chi connectivity index (χ1) is 12.4. The van der Waals surface area contributed by atoms with Crippen molar-refractivity contribution >= 4 is 15.9 Å². The standard InChI is InChI=1S/C19H23N3O3S/c1-15-7-10-21(11-8-15)19(23)17-5-2-6-18(12-17)26(24,25)22-9-3-4-16(13-20)14-22/h2,5-7,12,16H,3-4,8-11,14H2,1H3/t16-/m1/s1. The molecule has 138 valence electrons. The first kappa shape index (κ1) is 18.6. The third-order valence-electron chi connectivity index (χ3n) is 5.01. The molecule has 0 saturated carbocycles. The number of rotatable bonds is 3. The molecule has 0 radical (unpaired) electrons. The molecular weight excluding hydrogens is 350 g/mol. The van der Waals surface area contributed by atoms with Crippen molar-refractivity contribution in [2.45, 2.75) is 31.1 Å². The maximum atomic E-state index is 12.9. The Morgan fingerprint density at radius 3 is 2.81 bits per heavy atom. The number of benzene rings is 1. The summed E-state index contributed by atoms with van der Waals surface area (Å²) in [6, 6.07) is 8.40. The molecule has 1 atom stereocenters. The lowest BCUT2D eigenvalue weighted by molar-refractivity contribution is 0.0769. The van der Waals surface area contributed by atoms with Crippen LogP contribution in [0.15, 0.2) is 40.8 Å². The van der Waals surface area contributed by atoms with E-state index in [9.17, 15) is 13.2 Å². The van der Waals surface area contributed by atoms with Crippen molar-refractivity contribution < 1.29 is 13.2 Å². The molecule has 3 rings (SSSR count). The molecule has 0 spiro atoms. The highest BCUT2D eigenvalue weighted by atomic mass is 32.2. The summed E-state index contributed by atoms with van der Waals surface area (Å²) in [5.74, 6) is -0.425. The second-order valence-electron chi connectivity index (χ2n) is 6.91. The minimum Gasteiger partial charge on any atom is -0.335 e. The first-order valence-electron chi connectivity index (χ1n) is 8.86. The van der Waals surface area contributed by atoms with E-state index in [-0.39, 0.29) is 23.3 Å². The molecule has 0 bridgehead atoms. The second-order valence-corrected chi connectivity index (χ2v) is 8.85. The van der Waals surface area contributed by atoms with E-state index in [2.05, 4.69) is 6.07 Å². The lowest BCUT2D eigenvalue weighted by Crippen LogP contribution is -2.39. The van der Waals surface area contributed by atoms with Crippen LogP contribution in [0.4, 0.5) is 0 Å². The number of nitriles is 1. The summed E-state index contributed by atoms with van der Waals surface area (Å²) in [7, 11) is -3.70. The lowest BCUT2D eigenvalue weighted by atomic mass is 10.0. The largest absolute Gasteiger partial charge is 0.335 e. The summed E-state index contributed by atoms with van der Waals surface area (Å²) < 4.78 is 27.2. The average Bonchev–Trinajstić information content (AvgIpc) is 2.68. The molecule has 6 nitrogen and oxygen atoms in total. The van der Waals surface area contributed by atoms with Crippen molar-refractivity contribution in [3.63, 3.8) is 0 Å². The second kappa shape index (κ2) is 7.60. The van der Waals surface area contributed by atoms with Crippen LogP contribution in [0.2, 0.25) is 0 Å². The van der Waals surface area contributed by atoms with Crippen LogP contribution in [0.1, 0.15) is 36.5 Å². The number of sulfonamides is 1. The quantitative estimate of drug-likeness (QED) is 0.762. The Hall–Kier alpha value is -2.17. The molecule has 1 aromatic carbocycles. The smallest absolute Gasteiger partial charge is 0.254 e. The third-order valence-corrected chi connectivity index (χ3v) is 6.87. The van der Waals surface area contributed by atoms with Crippen molar-refractivity contribution in [2.75, 3.05) is 26.2 Å². The maximum absolute atomic E-state index is 12.9. The van der Waals surface area contributed by atoms with Gasteiger partial charge in [-0.2, -0.15) is 9.57 Å². The predicted molar refractivity (Wildman–Crippen MR) is 97.8 cm³/mol. The third kappa shape index (κ3) is 3.81. The van der Waals surface area contributed by atoms with Gasteiger partial charge < -0.3 is 4.90 Å². The van der Waals surface area contributed by atoms with Gasteiger partial charge in [-0.25, -0.2) is 8.42 Å². The van der Waals surface area contributed by atoms with Gasteiger partial charge in [0.2, 0.25) is 10.0 Å². The van der Waals surface area contributed by atoms with Crippen LogP contribution in [0.3, 0.4) is 0 Å². The summed E-state index contributed by atoms with van der Waals surface area (Å²) in [5.41, 5.74) is 1.65. The molecule has 0 unspecified atom stereocenters. The zero-order valence-electron chi connectivity index (χ0n) is 14.9. The fourth-order valence-electron chi connectivity index (χ4n) is 3.34. The van der Waals surface area contributed by atoms with Gasteiger partial charge in [0, 0.05) is 31.7 Å². The SMILES string of the molecule is CC1=CCN(C(=O)c2cccc(S(=O)(=O)N3CCC[C@H](C#N)C3)c2)CC1. The van der Waals surface area contributed by atoms with Crippen LogP contribution >= 0.6 is 0 Å². The van der Waals surface area contributed by atoms with Gasteiger partial charge in [-0.05, 0) is 44.4 Å². The number of carbonyl (C=O) groups excluding carboxylic acids is 1. The fraction of sp³-hybridized carbons (Fsp3) is 0.474. The minimum atomic E-state index is -3.70. The van der Waals surface area contributed by atoms with E-state index < -0.39 is 10.0 Å². The van der Waals surface area contributed by atoms with Gasteiger partial charge in [0.25, 0.3) is 5.91 Å². The van der Waals surface area contributed by atoms with Gasteiger partial charge in [-0.15, -0.1) is 0 Å². The number of carbonyl (C=O) groups is 1. The number of hydrogen-bond acceptors (Lipinski definition) is 4. The monoisotopic (exact) mass is 373 g/mol. The molecular formula is C19H23N3O3S. The maximum Gasteiger partial charge on any atom is 0.254 e. The zero-order chi connectivity index (χ0) is 18.7. The lowest BCUT2D eigenvalue weighted by Gasteiger charge is -2.29. The summed E-state index contributed by atoms with van der Waals surface area (Å²) in [5, 5.41) is 9.10. The highest BCUT2D eigenvalue weighted by molar-refractivity contribution is 7.89. The zero-order valence-corrected chi connectivity index (χ0v) is 15.7. The normalized spacial score (nSPS) is 21.8. The van der Waals surface area contributed by atoms with E-state index in [4.69, 9.17) is 5.26 Å². The van der Waals surface area contributed by atoms with E-state index in [0.29, 0.717) is 31.6 Å². The van der Waals surface area contributed by atoms with E-state index in [0.717, 1.165) is 12.8 Å². The molecule has 1 amide bonds. The summed E-state index contributed by atoms with van der Waals surface area (Å²) in [6.45, 7) is 3.87. The molecule has 1 saturated heterocycles. The molecule has 0 aromatic heterocycles. The van der Waals surface area contributed by atoms with Crippen molar-refractivity contribution in [3.05, 3.63) is 41.5 Å². The van der Waals surface area contributed by atoms with Crippen LogP contribution in [0.25, 0.3) is 0 Å². The summed E-state index contributed by atoms with van der Waals surface area (Å²) >= 11 is 0. The van der Waals surface area contributed by atoms with Crippen LogP contribution in [0, 0.1) is 17.2 Å². The van der Waals surface area contributed by atoms with Crippen LogP contribution in [-0.2, 0) is 10.0 Å². The Morgan fingerprint density at radius 1 is 1.31 bits per heavy atom. The Bertz CT molecular complexity index is 870. The molecule has 2 heterocycles. The summed E-state index contributed by atoms with van der Waals surface area (Å²) in [6.07, 6.45) is 4.27. The highest BCUT2D eigenvalue weighted by Gasteiger charge is 2.31. The average molecular weight is 373 g/mol. The molecule has 26 heavy (non-hydrogen) atoms. The number of nitrogens with zero attached hydrogens (tertiary/aromatic N) is 3. The van der Waals surface area contributed by atoms with Gasteiger partial charge in [0.05, 0.1) is 16.9 Å². The molecule has 0 N–H and O–H groups in total. The van der Waals surface area contributed by atoms with Gasteiger partial charge in [0.15, 0.2) is 0 Å². The molecule has 1 aromatic rings. The van der Waals surface area contributed by atoms with Crippen molar-refractivity contribution in [1.29, 1.82) is 5.26 Å². The van der Waals surface area contributed by atoms with Crippen molar-refractivity contribution in [1.82, 2.24) is 9.21 Å².